The molecule has 0 bridgehead atoms. The van der Waals surface area contributed by atoms with E-state index in [9.17, 15) is 14.9 Å². The zero-order valence-corrected chi connectivity index (χ0v) is 19.5. The Morgan fingerprint density at radius 2 is 1.74 bits per heavy atom. The molecule has 0 unspecified atom stereocenters. The molecule has 0 atom stereocenters. The number of amides is 2. The van der Waals surface area contributed by atoms with E-state index >= 15 is 0 Å². The van der Waals surface area contributed by atoms with Crippen molar-refractivity contribution in [2.24, 2.45) is 5.92 Å². The molecule has 0 spiro atoms. The number of hydrogen-bond acceptors (Lipinski definition) is 4. The Bertz CT molecular complexity index is 837. The summed E-state index contributed by atoms with van der Waals surface area (Å²) in [4.78, 5) is 29.2. The molecule has 1 saturated heterocycles. The van der Waals surface area contributed by atoms with Crippen LogP contribution in [0.4, 0.5) is 5.82 Å². The van der Waals surface area contributed by atoms with Gasteiger partial charge in [0.15, 0.2) is 0 Å². The highest BCUT2D eigenvalue weighted by Crippen LogP contribution is 2.36. The van der Waals surface area contributed by atoms with Gasteiger partial charge in [-0.15, -0.1) is 0 Å². The highest BCUT2D eigenvalue weighted by Gasteiger charge is 2.27. The summed E-state index contributed by atoms with van der Waals surface area (Å²) >= 11 is 0. The zero-order chi connectivity index (χ0) is 22.5. The Morgan fingerprint density at radius 3 is 2.32 bits per heavy atom. The van der Waals surface area contributed by atoms with E-state index in [1.54, 1.807) is 0 Å². The van der Waals surface area contributed by atoms with Crippen molar-refractivity contribution >= 4 is 17.6 Å². The van der Waals surface area contributed by atoms with E-state index in [0.717, 1.165) is 24.1 Å². The molecule has 0 radical (unpaired) electrons. The van der Waals surface area contributed by atoms with Crippen molar-refractivity contribution in [3.05, 3.63) is 16.8 Å². The van der Waals surface area contributed by atoms with Crippen LogP contribution in [0.3, 0.4) is 0 Å². The molecule has 2 fully saturated rings. The molecular formula is C24H37N5O2. The van der Waals surface area contributed by atoms with Gasteiger partial charge in [-0.3, -0.25) is 14.5 Å². The monoisotopic (exact) mass is 427 g/mol. The van der Waals surface area contributed by atoms with Crippen LogP contribution in [-0.2, 0) is 9.59 Å². The van der Waals surface area contributed by atoms with Crippen LogP contribution in [0.5, 0.6) is 0 Å². The van der Waals surface area contributed by atoms with Gasteiger partial charge in [0.1, 0.15) is 11.9 Å². The van der Waals surface area contributed by atoms with Crippen LogP contribution >= 0.6 is 0 Å². The third-order valence-electron chi connectivity index (χ3n) is 6.74. The van der Waals surface area contributed by atoms with Crippen molar-refractivity contribution in [3.8, 4) is 6.07 Å². The SMILES string of the molecule is Cc1c(C#N)c(NC(=O)CN2CCN(C(=O)CC(C)C)CC2)n(C2CCCCC2)c1C. The first-order chi connectivity index (χ1) is 14.8. The second kappa shape index (κ2) is 10.3. The molecule has 7 nitrogen and oxygen atoms in total. The summed E-state index contributed by atoms with van der Waals surface area (Å²) in [5.41, 5.74) is 2.62. The summed E-state index contributed by atoms with van der Waals surface area (Å²) < 4.78 is 2.20. The minimum atomic E-state index is -0.0898. The van der Waals surface area contributed by atoms with Crippen LogP contribution in [0.2, 0.25) is 0 Å². The molecule has 3 rings (SSSR count). The highest BCUT2D eigenvalue weighted by atomic mass is 16.2. The third-order valence-corrected chi connectivity index (χ3v) is 6.74. The van der Waals surface area contributed by atoms with E-state index in [-0.39, 0.29) is 18.4 Å². The minimum absolute atomic E-state index is 0.0898. The topological polar surface area (TPSA) is 81.4 Å². The van der Waals surface area contributed by atoms with E-state index in [1.165, 1.54) is 19.3 Å². The van der Waals surface area contributed by atoms with Crippen LogP contribution in [-0.4, -0.2) is 58.9 Å². The quantitative estimate of drug-likeness (QED) is 0.752. The molecular weight excluding hydrogens is 390 g/mol. The van der Waals surface area contributed by atoms with Crippen LogP contribution in [0.15, 0.2) is 0 Å². The molecule has 1 aliphatic heterocycles. The maximum Gasteiger partial charge on any atom is 0.239 e. The fourth-order valence-electron chi connectivity index (χ4n) is 4.89. The summed E-state index contributed by atoms with van der Waals surface area (Å²) in [5, 5.41) is 12.8. The molecule has 1 aliphatic carbocycles. The van der Waals surface area contributed by atoms with Gasteiger partial charge in [0, 0.05) is 44.3 Å². The predicted octanol–water partition coefficient (Wildman–Crippen LogP) is 3.61. The average Bonchev–Trinajstić information content (AvgIpc) is 2.97. The van der Waals surface area contributed by atoms with E-state index in [2.05, 4.69) is 34.7 Å². The number of nitriles is 1. The maximum atomic E-state index is 12.9. The van der Waals surface area contributed by atoms with Crippen molar-refractivity contribution < 1.29 is 9.59 Å². The second-order valence-corrected chi connectivity index (χ2v) is 9.51. The van der Waals surface area contributed by atoms with Gasteiger partial charge in [0.05, 0.1) is 12.1 Å². The van der Waals surface area contributed by atoms with Gasteiger partial charge in [0.25, 0.3) is 0 Å². The Kier molecular flexibility index (Phi) is 7.77. The van der Waals surface area contributed by atoms with Gasteiger partial charge >= 0.3 is 0 Å². The van der Waals surface area contributed by atoms with E-state index in [1.807, 2.05) is 18.7 Å². The molecule has 1 aromatic heterocycles. The Morgan fingerprint density at radius 1 is 1.10 bits per heavy atom. The number of anilines is 1. The number of carbonyl (C=O) groups is 2. The molecule has 2 amide bonds. The summed E-state index contributed by atoms with van der Waals surface area (Å²) in [6.07, 6.45) is 6.40. The van der Waals surface area contributed by atoms with Gasteiger partial charge in [-0.2, -0.15) is 5.26 Å². The molecule has 2 heterocycles. The lowest BCUT2D eigenvalue weighted by atomic mass is 9.95. The predicted molar refractivity (Wildman–Crippen MR) is 122 cm³/mol. The van der Waals surface area contributed by atoms with E-state index < -0.39 is 0 Å². The Labute approximate surface area is 186 Å². The summed E-state index contributed by atoms with van der Waals surface area (Å²) in [7, 11) is 0. The van der Waals surface area contributed by atoms with Crippen molar-refractivity contribution in [2.75, 3.05) is 38.0 Å². The van der Waals surface area contributed by atoms with Gasteiger partial charge in [-0.1, -0.05) is 33.1 Å². The number of rotatable bonds is 6. The Balaban J connectivity index is 1.64. The average molecular weight is 428 g/mol. The van der Waals surface area contributed by atoms with Crippen molar-refractivity contribution in [2.45, 2.75) is 72.3 Å². The Hall–Kier alpha value is -2.33. The zero-order valence-electron chi connectivity index (χ0n) is 19.5. The smallest absolute Gasteiger partial charge is 0.239 e. The van der Waals surface area contributed by atoms with Crippen LogP contribution < -0.4 is 5.32 Å². The van der Waals surface area contributed by atoms with Crippen molar-refractivity contribution in [3.63, 3.8) is 0 Å². The first-order valence-corrected chi connectivity index (χ1v) is 11.7. The molecule has 170 valence electrons. The minimum Gasteiger partial charge on any atom is -0.340 e. The van der Waals surface area contributed by atoms with Crippen molar-refractivity contribution in [1.82, 2.24) is 14.4 Å². The molecule has 0 aromatic carbocycles. The molecule has 31 heavy (non-hydrogen) atoms. The summed E-state index contributed by atoms with van der Waals surface area (Å²) in [5.74, 6) is 1.14. The van der Waals surface area contributed by atoms with Crippen LogP contribution in [0, 0.1) is 31.1 Å². The highest BCUT2D eigenvalue weighted by molar-refractivity contribution is 5.93. The van der Waals surface area contributed by atoms with Gasteiger partial charge in [-0.25, -0.2) is 0 Å². The molecule has 1 N–H and O–H groups in total. The van der Waals surface area contributed by atoms with Crippen LogP contribution in [0.25, 0.3) is 0 Å². The number of nitrogens with zero attached hydrogens (tertiary/aromatic N) is 4. The lowest BCUT2D eigenvalue weighted by Gasteiger charge is -2.34. The fraction of sp³-hybridized carbons (Fsp3) is 0.708. The van der Waals surface area contributed by atoms with E-state index in [4.69, 9.17) is 0 Å². The number of piperazine rings is 1. The van der Waals surface area contributed by atoms with Gasteiger partial charge in [-0.05, 0) is 38.2 Å². The number of nitrogens with one attached hydrogen (secondary N) is 1. The lowest BCUT2D eigenvalue weighted by Crippen LogP contribution is -2.50. The number of hydrogen-bond donors (Lipinski definition) is 1. The fourth-order valence-corrected chi connectivity index (χ4v) is 4.89. The summed E-state index contributed by atoms with van der Waals surface area (Å²) in [6.45, 7) is 11.1. The lowest BCUT2D eigenvalue weighted by molar-refractivity contribution is -0.133. The molecule has 1 saturated carbocycles. The first-order valence-electron chi connectivity index (χ1n) is 11.7. The molecule has 2 aliphatic rings. The summed E-state index contributed by atoms with van der Waals surface area (Å²) in [6, 6.07) is 2.66. The largest absolute Gasteiger partial charge is 0.340 e. The number of aromatic nitrogens is 1. The van der Waals surface area contributed by atoms with Gasteiger partial charge < -0.3 is 14.8 Å². The van der Waals surface area contributed by atoms with Crippen LogP contribution in [0.1, 0.15) is 75.2 Å². The third kappa shape index (κ3) is 5.48. The first kappa shape index (κ1) is 23.3. The number of carbonyl (C=O) groups excluding carboxylic acids is 2. The normalized spacial score (nSPS) is 18.3. The van der Waals surface area contributed by atoms with Crippen molar-refractivity contribution in [1.29, 1.82) is 5.26 Å². The second-order valence-electron chi connectivity index (χ2n) is 9.51. The molecule has 7 heteroatoms. The molecule has 1 aromatic rings. The van der Waals surface area contributed by atoms with Gasteiger partial charge in [0.2, 0.25) is 11.8 Å². The standard InChI is InChI=1S/C24H37N5O2/c1-17(2)14-23(31)28-12-10-27(11-13-28)16-22(30)26-24-21(15-25)18(3)19(4)29(24)20-8-6-5-7-9-20/h17,20H,5-14,16H2,1-4H3,(H,26,30). The maximum absolute atomic E-state index is 12.9. The van der Waals surface area contributed by atoms with E-state index in [0.29, 0.717) is 55.9 Å².